The van der Waals surface area contributed by atoms with Crippen molar-refractivity contribution in [3.05, 3.63) is 64.6 Å². The van der Waals surface area contributed by atoms with E-state index in [1.165, 1.54) is 17.4 Å². The zero-order valence-corrected chi connectivity index (χ0v) is 15.5. The highest BCUT2D eigenvalue weighted by Gasteiger charge is 2.14. The summed E-state index contributed by atoms with van der Waals surface area (Å²) in [5.41, 5.74) is 0.553. The van der Waals surface area contributed by atoms with Crippen LogP contribution in [0.2, 0.25) is 0 Å². The first kappa shape index (κ1) is 17.9. The van der Waals surface area contributed by atoms with Crippen LogP contribution in [0.4, 0.5) is 0 Å². The molecule has 2 aromatic heterocycles. The molecule has 5 nitrogen and oxygen atoms in total. The molecule has 0 radical (unpaired) electrons. The monoisotopic (exact) mass is 366 g/mol. The van der Waals surface area contributed by atoms with Gasteiger partial charge in [-0.25, -0.2) is 4.79 Å². The number of hydrogen-bond donors (Lipinski definition) is 0. The second kappa shape index (κ2) is 7.17. The summed E-state index contributed by atoms with van der Waals surface area (Å²) in [7, 11) is 0. The molecule has 0 fully saturated rings. The molecule has 132 valence electrons. The van der Waals surface area contributed by atoms with Gasteiger partial charge in [0.15, 0.2) is 0 Å². The number of aromatic nitrogens is 2. The fourth-order valence-corrected chi connectivity index (χ4v) is 3.25. The van der Waals surface area contributed by atoms with Gasteiger partial charge in [0.2, 0.25) is 0 Å². The van der Waals surface area contributed by atoms with Crippen molar-refractivity contribution >= 4 is 33.5 Å². The zero-order valence-electron chi connectivity index (χ0n) is 14.7. The van der Waals surface area contributed by atoms with Crippen LogP contribution in [0.5, 0.6) is 0 Å². The molecular formula is C20H18N2O3S. The Morgan fingerprint density at radius 1 is 1.19 bits per heavy atom. The highest BCUT2D eigenvalue weighted by molar-refractivity contribution is 7.21. The number of rotatable bonds is 3. The van der Waals surface area contributed by atoms with E-state index in [1.54, 1.807) is 30.5 Å². The Labute approximate surface area is 155 Å². The first-order chi connectivity index (χ1) is 12.3. The van der Waals surface area contributed by atoms with Crippen molar-refractivity contribution in [1.82, 2.24) is 9.97 Å². The van der Waals surface area contributed by atoms with Crippen LogP contribution < -0.4 is 5.56 Å². The Bertz CT molecular complexity index is 1050. The van der Waals surface area contributed by atoms with Gasteiger partial charge < -0.3 is 4.74 Å². The molecule has 0 saturated carbocycles. The summed E-state index contributed by atoms with van der Waals surface area (Å²) >= 11 is 1.41. The molecule has 26 heavy (non-hydrogen) atoms. The molecule has 2 heterocycles. The maximum absolute atomic E-state index is 12.2. The number of hydrogen-bond acceptors (Lipinski definition) is 6. The van der Waals surface area contributed by atoms with Crippen molar-refractivity contribution in [2.24, 2.45) is 0 Å². The Kier molecular flexibility index (Phi) is 4.95. The molecule has 0 N–H and O–H groups in total. The normalized spacial score (nSPS) is 11.8. The summed E-state index contributed by atoms with van der Waals surface area (Å²) in [4.78, 5) is 32.4. The maximum Gasteiger partial charge on any atom is 0.331 e. The van der Waals surface area contributed by atoms with E-state index in [0.717, 1.165) is 10.3 Å². The van der Waals surface area contributed by atoms with E-state index in [4.69, 9.17) is 4.74 Å². The summed E-state index contributed by atoms with van der Waals surface area (Å²) < 4.78 is 6.11. The summed E-state index contributed by atoms with van der Waals surface area (Å²) in [6.45, 7) is 5.45. The van der Waals surface area contributed by atoms with Crippen molar-refractivity contribution in [3.63, 3.8) is 0 Å². The third-order valence-electron chi connectivity index (χ3n) is 3.35. The fourth-order valence-electron chi connectivity index (χ4n) is 2.29. The molecule has 3 rings (SSSR count). The smallest absolute Gasteiger partial charge is 0.331 e. The maximum atomic E-state index is 12.2. The molecule has 0 saturated heterocycles. The predicted molar refractivity (Wildman–Crippen MR) is 104 cm³/mol. The first-order valence-electron chi connectivity index (χ1n) is 8.09. The Hall–Kier alpha value is -2.86. The van der Waals surface area contributed by atoms with Crippen molar-refractivity contribution in [1.29, 1.82) is 0 Å². The lowest BCUT2D eigenvalue weighted by molar-refractivity contribution is -0.148. The van der Waals surface area contributed by atoms with E-state index in [9.17, 15) is 9.59 Å². The summed E-state index contributed by atoms with van der Waals surface area (Å²) in [6.07, 6.45) is 4.65. The standard InChI is InChI=1S/C20H18N2O3S/c1-20(2,3)25-17(23)9-8-13-10-11-21-15(12-13)19-22-18(24)14-6-4-5-7-16(14)26-19/h4-12H,1-3H3. The zero-order chi connectivity index (χ0) is 18.7. The average molecular weight is 366 g/mol. The number of esters is 1. The van der Waals surface area contributed by atoms with Crippen molar-refractivity contribution in [2.45, 2.75) is 26.4 Å². The number of pyridine rings is 1. The molecule has 0 bridgehead atoms. The van der Waals surface area contributed by atoms with Crippen LogP contribution in [0.25, 0.3) is 26.9 Å². The quantitative estimate of drug-likeness (QED) is 0.516. The highest BCUT2D eigenvalue weighted by Crippen LogP contribution is 2.25. The van der Waals surface area contributed by atoms with Gasteiger partial charge in [-0.1, -0.05) is 12.1 Å². The van der Waals surface area contributed by atoms with Gasteiger partial charge in [0.05, 0.1) is 11.1 Å². The predicted octanol–water partition coefficient (Wildman–Crippen LogP) is 4.07. The van der Waals surface area contributed by atoms with Crippen LogP contribution in [-0.2, 0) is 9.53 Å². The van der Waals surface area contributed by atoms with Gasteiger partial charge in [-0.05, 0) is 56.7 Å². The van der Waals surface area contributed by atoms with E-state index in [2.05, 4.69) is 9.97 Å². The first-order valence-corrected chi connectivity index (χ1v) is 8.91. The van der Waals surface area contributed by atoms with Gasteiger partial charge >= 0.3 is 5.97 Å². The number of benzene rings is 1. The molecule has 6 heteroatoms. The molecule has 3 aromatic rings. The minimum absolute atomic E-state index is 0.272. The van der Waals surface area contributed by atoms with E-state index < -0.39 is 11.6 Å². The van der Waals surface area contributed by atoms with E-state index in [0.29, 0.717) is 16.1 Å². The lowest BCUT2D eigenvalue weighted by atomic mass is 10.2. The number of ether oxygens (including phenoxy) is 1. The minimum atomic E-state index is -0.536. The second-order valence-electron chi connectivity index (χ2n) is 6.66. The minimum Gasteiger partial charge on any atom is -0.457 e. The van der Waals surface area contributed by atoms with Crippen molar-refractivity contribution in [2.75, 3.05) is 0 Å². The van der Waals surface area contributed by atoms with E-state index in [1.807, 2.05) is 39.0 Å². The van der Waals surface area contributed by atoms with Crippen LogP contribution in [0.1, 0.15) is 26.3 Å². The molecule has 0 atom stereocenters. The molecule has 0 aliphatic heterocycles. The van der Waals surface area contributed by atoms with Gasteiger partial charge in [0.25, 0.3) is 5.56 Å². The van der Waals surface area contributed by atoms with Crippen LogP contribution >= 0.6 is 11.3 Å². The van der Waals surface area contributed by atoms with Crippen molar-refractivity contribution < 1.29 is 9.53 Å². The SMILES string of the molecule is CC(C)(C)OC(=O)C=Cc1ccnc(-c2nc(=O)c3ccccc3s2)c1. The average Bonchev–Trinajstić information content (AvgIpc) is 2.59. The van der Waals surface area contributed by atoms with Gasteiger partial charge in [-0.3, -0.25) is 9.78 Å². The molecule has 1 aromatic carbocycles. The van der Waals surface area contributed by atoms with Gasteiger partial charge in [-0.2, -0.15) is 4.98 Å². The molecule has 0 spiro atoms. The van der Waals surface area contributed by atoms with Crippen LogP contribution in [0.15, 0.2) is 53.5 Å². The van der Waals surface area contributed by atoms with Crippen LogP contribution in [0.3, 0.4) is 0 Å². The number of carbonyl (C=O) groups excluding carboxylic acids is 1. The lowest BCUT2D eigenvalue weighted by Crippen LogP contribution is -2.22. The molecule has 0 aliphatic carbocycles. The summed E-state index contributed by atoms with van der Waals surface area (Å²) in [5, 5.41) is 1.14. The lowest BCUT2D eigenvalue weighted by Gasteiger charge is -2.17. The van der Waals surface area contributed by atoms with Gasteiger partial charge in [0.1, 0.15) is 10.6 Å². The van der Waals surface area contributed by atoms with E-state index in [-0.39, 0.29) is 5.56 Å². The molecule has 0 amide bonds. The summed E-state index contributed by atoms with van der Waals surface area (Å²) in [6, 6.07) is 10.9. The summed E-state index contributed by atoms with van der Waals surface area (Å²) in [5.74, 6) is -0.413. The highest BCUT2D eigenvalue weighted by atomic mass is 32.1. The van der Waals surface area contributed by atoms with Gasteiger partial charge in [0, 0.05) is 17.0 Å². The molecule has 0 unspecified atom stereocenters. The number of carbonyl (C=O) groups is 1. The van der Waals surface area contributed by atoms with Crippen LogP contribution in [0, 0.1) is 0 Å². The Morgan fingerprint density at radius 2 is 1.96 bits per heavy atom. The molecule has 0 aliphatic rings. The Morgan fingerprint density at radius 3 is 2.73 bits per heavy atom. The third kappa shape index (κ3) is 4.40. The van der Waals surface area contributed by atoms with Gasteiger partial charge in [-0.15, -0.1) is 11.3 Å². The van der Waals surface area contributed by atoms with Crippen LogP contribution in [-0.4, -0.2) is 21.5 Å². The third-order valence-corrected chi connectivity index (χ3v) is 4.42. The fraction of sp³-hybridized carbons (Fsp3) is 0.200. The number of fused-ring (bicyclic) bond motifs is 1. The Balaban J connectivity index is 1.90. The second-order valence-corrected chi connectivity index (χ2v) is 7.69. The topological polar surface area (TPSA) is 69.2 Å². The largest absolute Gasteiger partial charge is 0.457 e. The van der Waals surface area contributed by atoms with E-state index >= 15 is 0 Å². The molecular weight excluding hydrogens is 348 g/mol. The van der Waals surface area contributed by atoms with Crippen molar-refractivity contribution in [3.8, 4) is 10.7 Å². The number of nitrogens with zero attached hydrogens (tertiary/aromatic N) is 2.